The Balaban J connectivity index is 1.58. The Hall–Kier alpha value is -3.33. The van der Waals surface area contributed by atoms with E-state index in [0.29, 0.717) is 36.9 Å². The first-order chi connectivity index (χ1) is 16.1. The molecule has 1 aromatic heterocycles. The van der Waals surface area contributed by atoms with Gasteiger partial charge in [-0.25, -0.2) is 9.37 Å². The van der Waals surface area contributed by atoms with Crippen LogP contribution in [0.1, 0.15) is 21.6 Å². The van der Waals surface area contributed by atoms with E-state index in [9.17, 15) is 22.4 Å². The minimum atomic E-state index is -4.66. The number of aromatic nitrogens is 1. The number of aryl methyl sites for hydroxylation is 1. The van der Waals surface area contributed by atoms with Gasteiger partial charge in [0.1, 0.15) is 17.3 Å². The van der Waals surface area contributed by atoms with Crippen molar-refractivity contribution in [3.8, 4) is 0 Å². The van der Waals surface area contributed by atoms with Gasteiger partial charge in [-0.15, -0.1) is 0 Å². The predicted molar refractivity (Wildman–Crippen MR) is 123 cm³/mol. The van der Waals surface area contributed by atoms with Crippen molar-refractivity contribution >= 4 is 34.7 Å². The molecule has 1 aliphatic heterocycles. The Morgan fingerprint density at radius 1 is 1.00 bits per heavy atom. The van der Waals surface area contributed by atoms with Crippen LogP contribution >= 0.6 is 11.6 Å². The lowest BCUT2D eigenvalue weighted by Crippen LogP contribution is -2.49. The number of nitrogens with zero attached hydrogens (tertiary/aromatic N) is 3. The Labute approximate surface area is 199 Å². The lowest BCUT2D eigenvalue weighted by molar-refractivity contribution is -0.141. The number of benzene rings is 2. The van der Waals surface area contributed by atoms with Crippen LogP contribution in [0.2, 0.25) is 5.02 Å². The highest BCUT2D eigenvalue weighted by Crippen LogP contribution is 2.32. The molecule has 1 N–H and O–H groups in total. The van der Waals surface area contributed by atoms with Crippen molar-refractivity contribution in [2.24, 2.45) is 0 Å². The number of anilines is 3. The van der Waals surface area contributed by atoms with E-state index in [4.69, 9.17) is 11.6 Å². The highest BCUT2D eigenvalue weighted by Gasteiger charge is 2.34. The molecular formula is C24H21ClF4N4O. The maximum atomic E-state index is 13.3. The summed E-state index contributed by atoms with van der Waals surface area (Å²) in [5.74, 6) is -0.948. The van der Waals surface area contributed by atoms with Gasteiger partial charge in [-0.05, 0) is 61.0 Å². The van der Waals surface area contributed by atoms with Crippen molar-refractivity contribution in [1.82, 2.24) is 9.88 Å². The summed E-state index contributed by atoms with van der Waals surface area (Å²) in [6.07, 6.45) is -4.66. The van der Waals surface area contributed by atoms with Crippen LogP contribution in [-0.4, -0.2) is 42.0 Å². The molecule has 3 aromatic rings. The van der Waals surface area contributed by atoms with Gasteiger partial charge in [-0.1, -0.05) is 17.7 Å². The van der Waals surface area contributed by atoms with Gasteiger partial charge in [0.2, 0.25) is 0 Å². The van der Waals surface area contributed by atoms with E-state index < -0.39 is 17.8 Å². The molecule has 0 spiro atoms. The maximum absolute atomic E-state index is 13.3. The fourth-order valence-electron chi connectivity index (χ4n) is 3.73. The summed E-state index contributed by atoms with van der Waals surface area (Å²) in [5.41, 5.74) is 0.947. The fraction of sp³-hybridized carbons (Fsp3) is 0.250. The average Bonchev–Trinajstić information content (AvgIpc) is 2.81. The Bertz CT molecular complexity index is 1190. The standard InChI is InChI=1S/C24H21ClF4N4O/c1-15-2-3-16(25)14-20(15)30-22-19(8-9-21(31-22)24(27,28)29)23(34)33-12-10-32(11-13-33)18-6-4-17(26)5-7-18/h2-9,14H,10-13H2,1H3,(H,30,31). The number of amides is 1. The lowest BCUT2D eigenvalue weighted by atomic mass is 10.1. The number of hydrogen-bond acceptors (Lipinski definition) is 4. The average molecular weight is 493 g/mol. The van der Waals surface area contributed by atoms with E-state index in [1.807, 2.05) is 4.90 Å². The van der Waals surface area contributed by atoms with E-state index in [1.54, 1.807) is 42.2 Å². The molecule has 0 bridgehead atoms. The molecule has 1 aliphatic rings. The number of nitrogens with one attached hydrogen (secondary N) is 1. The monoisotopic (exact) mass is 492 g/mol. The number of carbonyl (C=O) groups excluding carboxylic acids is 1. The number of carbonyl (C=O) groups is 1. The van der Waals surface area contributed by atoms with Crippen LogP contribution in [0.4, 0.5) is 34.8 Å². The summed E-state index contributed by atoms with van der Waals surface area (Å²) in [6.45, 7) is 3.48. The highest BCUT2D eigenvalue weighted by molar-refractivity contribution is 6.30. The second-order valence-electron chi connectivity index (χ2n) is 7.93. The van der Waals surface area contributed by atoms with Gasteiger partial charge in [0.25, 0.3) is 5.91 Å². The zero-order chi connectivity index (χ0) is 24.5. The van der Waals surface area contributed by atoms with Crippen molar-refractivity contribution in [3.05, 3.63) is 82.3 Å². The molecule has 178 valence electrons. The van der Waals surface area contributed by atoms with Crippen LogP contribution in [0, 0.1) is 12.7 Å². The maximum Gasteiger partial charge on any atom is 0.433 e. The second kappa shape index (κ2) is 9.50. The van der Waals surface area contributed by atoms with Gasteiger partial charge in [-0.2, -0.15) is 13.2 Å². The minimum absolute atomic E-state index is 0.0302. The topological polar surface area (TPSA) is 48.5 Å². The van der Waals surface area contributed by atoms with E-state index in [-0.39, 0.29) is 17.2 Å². The third-order valence-corrected chi connectivity index (χ3v) is 5.86. The van der Waals surface area contributed by atoms with E-state index in [0.717, 1.165) is 23.4 Å². The molecule has 10 heteroatoms. The van der Waals surface area contributed by atoms with Crippen LogP contribution < -0.4 is 10.2 Å². The number of hydrogen-bond donors (Lipinski definition) is 1. The van der Waals surface area contributed by atoms with Crippen LogP contribution in [0.25, 0.3) is 0 Å². The van der Waals surface area contributed by atoms with Crippen LogP contribution in [-0.2, 0) is 6.18 Å². The summed E-state index contributed by atoms with van der Waals surface area (Å²) in [5, 5.41) is 3.26. The number of piperazine rings is 1. The molecule has 5 nitrogen and oxygen atoms in total. The summed E-state index contributed by atoms with van der Waals surface area (Å²) in [4.78, 5) is 20.6. The molecule has 0 unspecified atom stereocenters. The normalized spacial score (nSPS) is 14.3. The first-order valence-corrected chi connectivity index (χ1v) is 10.9. The van der Waals surface area contributed by atoms with Gasteiger partial charge in [0.05, 0.1) is 5.56 Å². The van der Waals surface area contributed by atoms with E-state index in [2.05, 4.69) is 10.3 Å². The van der Waals surface area contributed by atoms with Gasteiger partial charge in [-0.3, -0.25) is 4.79 Å². The summed E-state index contributed by atoms with van der Waals surface area (Å²) < 4.78 is 53.2. The molecule has 2 heterocycles. The largest absolute Gasteiger partial charge is 0.433 e. The molecule has 4 rings (SSSR count). The molecular weight excluding hydrogens is 472 g/mol. The molecule has 0 aliphatic carbocycles. The van der Waals surface area contributed by atoms with Crippen LogP contribution in [0.5, 0.6) is 0 Å². The smallest absolute Gasteiger partial charge is 0.368 e. The predicted octanol–water partition coefficient (Wildman–Crippen LogP) is 5.91. The molecule has 1 amide bonds. The SMILES string of the molecule is Cc1ccc(Cl)cc1Nc1nc(C(F)(F)F)ccc1C(=O)N1CCN(c2ccc(F)cc2)CC1. The number of pyridine rings is 1. The molecule has 0 atom stereocenters. The van der Waals surface area contributed by atoms with Crippen molar-refractivity contribution < 1.29 is 22.4 Å². The van der Waals surface area contributed by atoms with E-state index in [1.165, 1.54) is 12.1 Å². The van der Waals surface area contributed by atoms with Crippen molar-refractivity contribution in [3.63, 3.8) is 0 Å². The Morgan fingerprint density at radius 3 is 2.32 bits per heavy atom. The van der Waals surface area contributed by atoms with Crippen molar-refractivity contribution in [1.29, 1.82) is 0 Å². The fourth-order valence-corrected chi connectivity index (χ4v) is 3.90. The molecule has 1 saturated heterocycles. The van der Waals surface area contributed by atoms with Gasteiger partial charge in [0.15, 0.2) is 0 Å². The third-order valence-electron chi connectivity index (χ3n) is 5.63. The first kappa shape index (κ1) is 23.8. The quantitative estimate of drug-likeness (QED) is 0.460. The Kier molecular flexibility index (Phi) is 6.65. The molecule has 0 radical (unpaired) electrons. The number of alkyl halides is 3. The molecule has 0 saturated carbocycles. The number of rotatable bonds is 4. The zero-order valence-corrected chi connectivity index (χ0v) is 18.9. The first-order valence-electron chi connectivity index (χ1n) is 10.5. The van der Waals surface area contributed by atoms with E-state index >= 15 is 0 Å². The van der Waals surface area contributed by atoms with Crippen molar-refractivity contribution in [2.45, 2.75) is 13.1 Å². The molecule has 1 fully saturated rings. The molecule has 2 aromatic carbocycles. The highest BCUT2D eigenvalue weighted by atomic mass is 35.5. The van der Waals surface area contributed by atoms with Crippen LogP contribution in [0.3, 0.4) is 0 Å². The van der Waals surface area contributed by atoms with Crippen molar-refractivity contribution in [2.75, 3.05) is 36.4 Å². The minimum Gasteiger partial charge on any atom is -0.368 e. The van der Waals surface area contributed by atoms with Gasteiger partial charge in [0, 0.05) is 42.6 Å². The summed E-state index contributed by atoms with van der Waals surface area (Å²) >= 11 is 6.04. The molecule has 34 heavy (non-hydrogen) atoms. The zero-order valence-electron chi connectivity index (χ0n) is 18.2. The van der Waals surface area contributed by atoms with Gasteiger partial charge < -0.3 is 15.1 Å². The third kappa shape index (κ3) is 5.25. The number of halogens is 5. The summed E-state index contributed by atoms with van der Waals surface area (Å²) in [7, 11) is 0. The Morgan fingerprint density at radius 2 is 1.68 bits per heavy atom. The second-order valence-corrected chi connectivity index (χ2v) is 8.37. The van der Waals surface area contributed by atoms with Gasteiger partial charge >= 0.3 is 6.18 Å². The lowest BCUT2D eigenvalue weighted by Gasteiger charge is -2.36. The van der Waals surface area contributed by atoms with Crippen LogP contribution in [0.15, 0.2) is 54.6 Å². The summed E-state index contributed by atoms with van der Waals surface area (Å²) in [6, 6.07) is 13.0.